The minimum Gasteiger partial charge on any atom is -0.399 e. The molecule has 5 aromatic rings. The molecule has 0 saturated carbocycles. The Balaban J connectivity index is 1.68. The number of aryl methyl sites for hydroxylation is 1. The highest BCUT2D eigenvalue weighted by atomic mass is 32.2. The van der Waals surface area contributed by atoms with E-state index in [2.05, 4.69) is 69.7 Å². The van der Waals surface area contributed by atoms with E-state index in [0.717, 1.165) is 44.1 Å². The van der Waals surface area contributed by atoms with Crippen LogP contribution < -0.4 is 11.1 Å². The third kappa shape index (κ3) is 3.25. The zero-order valence-corrected chi connectivity index (χ0v) is 17.6. The molecule has 5 nitrogen and oxygen atoms in total. The molecule has 0 fully saturated rings. The number of rotatable bonds is 4. The van der Waals surface area contributed by atoms with Crippen LogP contribution in [-0.2, 0) is 7.05 Å². The van der Waals surface area contributed by atoms with E-state index in [1.165, 1.54) is 10.9 Å². The summed E-state index contributed by atoms with van der Waals surface area (Å²) in [6, 6.07) is 18.7. The first-order valence-electron chi connectivity index (χ1n) is 9.63. The van der Waals surface area contributed by atoms with Gasteiger partial charge in [0.2, 0.25) is 0 Å². The molecule has 5 rings (SSSR count). The quantitative estimate of drug-likeness (QED) is 0.287. The molecule has 0 bridgehead atoms. The second kappa shape index (κ2) is 7.39. The summed E-state index contributed by atoms with van der Waals surface area (Å²) >= 11 is 1.68. The SMILES string of the molecule is CSc1ccc(N)cc1Nc1cc(-c2ccc3ccn(C)c3c2)c2nccnc2c1. The van der Waals surface area contributed by atoms with Gasteiger partial charge in [-0.3, -0.25) is 9.97 Å². The number of aromatic nitrogens is 3. The summed E-state index contributed by atoms with van der Waals surface area (Å²) < 4.78 is 2.13. The van der Waals surface area contributed by atoms with Gasteiger partial charge in [-0.15, -0.1) is 11.8 Å². The molecule has 148 valence electrons. The number of hydrogen-bond acceptors (Lipinski definition) is 5. The Morgan fingerprint density at radius 1 is 0.967 bits per heavy atom. The maximum absolute atomic E-state index is 6.03. The van der Waals surface area contributed by atoms with E-state index >= 15 is 0 Å². The second-order valence-corrected chi connectivity index (χ2v) is 8.08. The van der Waals surface area contributed by atoms with Crippen molar-refractivity contribution in [3.05, 3.63) is 73.2 Å². The first kappa shape index (κ1) is 18.5. The number of nitrogens with two attached hydrogens (primary N) is 1. The number of nitrogens with zero attached hydrogens (tertiary/aromatic N) is 3. The van der Waals surface area contributed by atoms with Crippen molar-refractivity contribution in [2.75, 3.05) is 17.3 Å². The van der Waals surface area contributed by atoms with Crippen LogP contribution in [0.5, 0.6) is 0 Å². The minimum absolute atomic E-state index is 0.727. The van der Waals surface area contributed by atoms with E-state index in [0.29, 0.717) is 0 Å². The Labute approximate surface area is 179 Å². The van der Waals surface area contributed by atoms with Crippen LogP contribution in [0.25, 0.3) is 33.1 Å². The molecular weight excluding hydrogens is 390 g/mol. The normalized spacial score (nSPS) is 11.3. The van der Waals surface area contributed by atoms with Crippen molar-refractivity contribution in [3.8, 4) is 11.1 Å². The standard InChI is InChI=1S/C24H21N5S/c1-29-10-7-15-3-4-16(11-22(15)29)19-13-18(14-21-24(19)27-9-8-26-21)28-20-12-17(25)5-6-23(20)30-2/h3-14,28H,25H2,1-2H3. The highest BCUT2D eigenvalue weighted by molar-refractivity contribution is 7.98. The third-order valence-electron chi connectivity index (χ3n) is 5.28. The molecule has 30 heavy (non-hydrogen) atoms. The van der Waals surface area contributed by atoms with Gasteiger partial charge in [0.1, 0.15) is 0 Å². The number of benzene rings is 3. The first-order chi connectivity index (χ1) is 14.6. The Morgan fingerprint density at radius 3 is 2.70 bits per heavy atom. The van der Waals surface area contributed by atoms with Gasteiger partial charge in [-0.05, 0) is 59.7 Å². The predicted octanol–water partition coefficient (Wildman–Crippen LogP) is 5.84. The maximum Gasteiger partial charge on any atom is 0.0966 e. The largest absolute Gasteiger partial charge is 0.399 e. The molecule has 0 radical (unpaired) electrons. The smallest absolute Gasteiger partial charge is 0.0966 e. The number of fused-ring (bicyclic) bond motifs is 2. The molecule has 3 aromatic carbocycles. The summed E-state index contributed by atoms with van der Waals surface area (Å²) in [6.07, 6.45) is 7.60. The Bertz CT molecular complexity index is 1390. The van der Waals surface area contributed by atoms with E-state index in [1.54, 1.807) is 24.2 Å². The van der Waals surface area contributed by atoms with Gasteiger partial charge >= 0.3 is 0 Å². The molecule has 2 aromatic heterocycles. The summed E-state index contributed by atoms with van der Waals surface area (Å²) in [4.78, 5) is 10.3. The highest BCUT2D eigenvalue weighted by Crippen LogP contribution is 2.35. The van der Waals surface area contributed by atoms with Crippen LogP contribution in [0.2, 0.25) is 0 Å². The van der Waals surface area contributed by atoms with Crippen molar-refractivity contribution >= 4 is 50.8 Å². The fraction of sp³-hybridized carbons (Fsp3) is 0.0833. The molecule has 0 amide bonds. The van der Waals surface area contributed by atoms with E-state index < -0.39 is 0 Å². The fourth-order valence-electron chi connectivity index (χ4n) is 3.78. The molecule has 0 spiro atoms. The molecule has 3 N–H and O–H groups in total. The zero-order chi connectivity index (χ0) is 20.7. The predicted molar refractivity (Wildman–Crippen MR) is 127 cm³/mol. The lowest BCUT2D eigenvalue weighted by molar-refractivity contribution is 0.969. The molecule has 0 aliphatic carbocycles. The second-order valence-electron chi connectivity index (χ2n) is 7.23. The van der Waals surface area contributed by atoms with Crippen LogP contribution in [0.4, 0.5) is 17.1 Å². The van der Waals surface area contributed by atoms with Gasteiger partial charge in [0.15, 0.2) is 0 Å². The van der Waals surface area contributed by atoms with Crippen molar-refractivity contribution in [1.29, 1.82) is 0 Å². The van der Waals surface area contributed by atoms with Gasteiger partial charge in [0.05, 0.1) is 16.7 Å². The van der Waals surface area contributed by atoms with Crippen LogP contribution in [0.15, 0.2) is 78.1 Å². The molecule has 0 saturated heterocycles. The van der Waals surface area contributed by atoms with Crippen molar-refractivity contribution in [1.82, 2.24) is 14.5 Å². The number of hydrogen-bond donors (Lipinski definition) is 2. The first-order valence-corrected chi connectivity index (χ1v) is 10.9. The molecule has 0 aliphatic heterocycles. The van der Waals surface area contributed by atoms with Crippen molar-refractivity contribution in [2.45, 2.75) is 4.90 Å². The summed E-state index contributed by atoms with van der Waals surface area (Å²) in [6.45, 7) is 0. The Morgan fingerprint density at radius 2 is 1.83 bits per heavy atom. The van der Waals surface area contributed by atoms with Gasteiger partial charge in [0, 0.05) is 53.0 Å². The summed E-state index contributed by atoms with van der Waals surface area (Å²) in [5, 5.41) is 4.75. The highest BCUT2D eigenvalue weighted by Gasteiger charge is 2.12. The number of nitrogen functional groups attached to an aromatic ring is 1. The van der Waals surface area contributed by atoms with Crippen LogP contribution >= 0.6 is 11.8 Å². The number of thioether (sulfide) groups is 1. The van der Waals surface area contributed by atoms with Crippen molar-refractivity contribution < 1.29 is 0 Å². The number of anilines is 3. The van der Waals surface area contributed by atoms with Gasteiger partial charge in [0.25, 0.3) is 0 Å². The van der Waals surface area contributed by atoms with Crippen molar-refractivity contribution in [2.24, 2.45) is 7.05 Å². The lowest BCUT2D eigenvalue weighted by Gasteiger charge is -2.14. The number of nitrogens with one attached hydrogen (secondary N) is 1. The zero-order valence-electron chi connectivity index (χ0n) is 16.8. The molecular formula is C24H21N5S. The maximum atomic E-state index is 6.03. The lowest BCUT2D eigenvalue weighted by atomic mass is 10.0. The van der Waals surface area contributed by atoms with Crippen LogP contribution in [0, 0.1) is 0 Å². The molecule has 0 unspecified atom stereocenters. The van der Waals surface area contributed by atoms with E-state index in [1.807, 2.05) is 24.3 Å². The Hall–Kier alpha value is -3.51. The van der Waals surface area contributed by atoms with Gasteiger partial charge < -0.3 is 15.6 Å². The summed E-state index contributed by atoms with van der Waals surface area (Å²) in [5.74, 6) is 0. The fourth-order valence-corrected chi connectivity index (χ4v) is 4.31. The van der Waals surface area contributed by atoms with E-state index in [9.17, 15) is 0 Å². The van der Waals surface area contributed by atoms with Crippen LogP contribution in [0.1, 0.15) is 0 Å². The van der Waals surface area contributed by atoms with Crippen LogP contribution in [0.3, 0.4) is 0 Å². The topological polar surface area (TPSA) is 68.8 Å². The van der Waals surface area contributed by atoms with Gasteiger partial charge in [-0.2, -0.15) is 0 Å². The summed E-state index contributed by atoms with van der Waals surface area (Å²) in [5.41, 5.74) is 13.8. The van der Waals surface area contributed by atoms with Gasteiger partial charge in [-0.1, -0.05) is 12.1 Å². The molecule has 2 heterocycles. The van der Waals surface area contributed by atoms with Gasteiger partial charge in [-0.25, -0.2) is 0 Å². The molecule has 0 atom stereocenters. The third-order valence-corrected chi connectivity index (χ3v) is 6.07. The molecule has 0 aliphatic rings. The van der Waals surface area contributed by atoms with Crippen molar-refractivity contribution in [3.63, 3.8) is 0 Å². The average molecular weight is 412 g/mol. The molecule has 6 heteroatoms. The minimum atomic E-state index is 0.727. The summed E-state index contributed by atoms with van der Waals surface area (Å²) in [7, 11) is 2.06. The monoisotopic (exact) mass is 411 g/mol. The van der Waals surface area contributed by atoms with E-state index in [4.69, 9.17) is 5.73 Å². The average Bonchev–Trinajstić information content (AvgIpc) is 3.13. The van der Waals surface area contributed by atoms with E-state index in [-0.39, 0.29) is 0 Å². The lowest BCUT2D eigenvalue weighted by Crippen LogP contribution is -1.97. The Kier molecular flexibility index (Phi) is 4.56. The van der Waals surface area contributed by atoms with Crippen LogP contribution in [-0.4, -0.2) is 20.8 Å².